The van der Waals surface area contributed by atoms with E-state index in [1.807, 2.05) is 38.1 Å². The predicted molar refractivity (Wildman–Crippen MR) is 114 cm³/mol. The Hall–Kier alpha value is -2.44. The van der Waals surface area contributed by atoms with Gasteiger partial charge in [-0.2, -0.15) is 0 Å². The van der Waals surface area contributed by atoms with Gasteiger partial charge in [0.25, 0.3) is 0 Å². The van der Waals surface area contributed by atoms with E-state index in [-0.39, 0.29) is 12.6 Å². The Kier molecular flexibility index (Phi) is 7.10. The van der Waals surface area contributed by atoms with Crippen LogP contribution in [0.2, 0.25) is 0 Å². The number of carbonyl (C=O) groups excluding carboxylic acids is 1. The van der Waals surface area contributed by atoms with Crippen molar-refractivity contribution in [2.45, 2.75) is 20.3 Å². The van der Waals surface area contributed by atoms with Crippen LogP contribution in [0.25, 0.3) is 6.08 Å². The molecular weight excluding hydrogens is 407 g/mol. The predicted octanol–water partition coefficient (Wildman–Crippen LogP) is 4.36. The standard InChI is InChI=1S/C22H25O7P/c1-13-6-15(7-14(2)22(13)28-12-29-30(24)27-5)8-17-9-16-10-19(25-3)20(26-4)11-18(16)21(17)23/h6-8,10-11,24H,9,12H2,1-5H3/b17-8+. The van der Waals surface area contributed by atoms with E-state index in [2.05, 4.69) is 4.52 Å². The highest BCUT2D eigenvalue weighted by molar-refractivity contribution is 7.40. The summed E-state index contributed by atoms with van der Waals surface area (Å²) in [6, 6.07) is 7.49. The maximum Gasteiger partial charge on any atom is 0.332 e. The van der Waals surface area contributed by atoms with E-state index >= 15 is 0 Å². The number of aryl methyl sites for hydroxylation is 2. The van der Waals surface area contributed by atoms with E-state index in [1.165, 1.54) is 7.11 Å². The number of carbonyl (C=O) groups is 1. The number of methoxy groups -OCH3 is 2. The second kappa shape index (κ2) is 9.58. The van der Waals surface area contributed by atoms with Gasteiger partial charge in [-0.3, -0.25) is 9.32 Å². The van der Waals surface area contributed by atoms with Crippen molar-refractivity contribution >= 4 is 20.5 Å². The average molecular weight is 432 g/mol. The van der Waals surface area contributed by atoms with E-state index in [0.29, 0.717) is 34.8 Å². The maximum absolute atomic E-state index is 12.9. The fourth-order valence-corrected chi connectivity index (χ4v) is 3.78. The van der Waals surface area contributed by atoms with Crippen LogP contribution >= 0.6 is 8.60 Å². The summed E-state index contributed by atoms with van der Waals surface area (Å²) in [4.78, 5) is 22.2. The topological polar surface area (TPSA) is 83.5 Å². The van der Waals surface area contributed by atoms with Crippen molar-refractivity contribution in [3.8, 4) is 17.2 Å². The van der Waals surface area contributed by atoms with Gasteiger partial charge in [0.1, 0.15) is 5.75 Å². The van der Waals surface area contributed by atoms with E-state index in [9.17, 15) is 9.69 Å². The highest BCUT2D eigenvalue weighted by atomic mass is 31.2. The molecule has 0 heterocycles. The molecule has 8 heteroatoms. The smallest absolute Gasteiger partial charge is 0.332 e. The van der Waals surface area contributed by atoms with Crippen LogP contribution in [0.4, 0.5) is 0 Å². The minimum absolute atomic E-state index is 0.00847. The Labute approximate surface area is 177 Å². The second-order valence-electron chi connectivity index (χ2n) is 6.84. The van der Waals surface area contributed by atoms with Gasteiger partial charge in [-0.05, 0) is 66.4 Å². The summed E-state index contributed by atoms with van der Waals surface area (Å²) in [7, 11) is 2.56. The largest absolute Gasteiger partial charge is 0.493 e. The van der Waals surface area contributed by atoms with Gasteiger partial charge in [0.2, 0.25) is 0 Å². The zero-order valence-electron chi connectivity index (χ0n) is 17.6. The molecule has 0 aromatic heterocycles. The van der Waals surface area contributed by atoms with Crippen molar-refractivity contribution in [3.05, 3.63) is 57.7 Å². The first-order chi connectivity index (χ1) is 14.4. The van der Waals surface area contributed by atoms with Crippen molar-refractivity contribution in [1.29, 1.82) is 0 Å². The van der Waals surface area contributed by atoms with Gasteiger partial charge in [0, 0.05) is 24.7 Å². The van der Waals surface area contributed by atoms with Gasteiger partial charge in [-0.1, -0.05) is 0 Å². The SMILES string of the molecule is COc1cc2c(cc1OC)C(=O)/C(=C/c1cc(C)c(OCOP(O)OC)c(C)c1)C2. The molecule has 1 N–H and O–H groups in total. The highest BCUT2D eigenvalue weighted by Gasteiger charge is 2.27. The van der Waals surface area contributed by atoms with Crippen molar-refractivity contribution in [1.82, 2.24) is 0 Å². The van der Waals surface area contributed by atoms with Crippen LogP contribution in [0.1, 0.15) is 32.6 Å². The molecule has 0 saturated carbocycles. The van der Waals surface area contributed by atoms with Gasteiger partial charge < -0.3 is 23.6 Å². The normalized spacial score (nSPS) is 15.3. The summed E-state index contributed by atoms with van der Waals surface area (Å²) in [5.41, 5.74) is 4.99. The fraction of sp³-hybridized carbons (Fsp3) is 0.318. The number of ketones is 1. The maximum atomic E-state index is 12.9. The fourth-order valence-electron chi connectivity index (χ4n) is 3.53. The lowest BCUT2D eigenvalue weighted by Crippen LogP contribution is -2.03. The van der Waals surface area contributed by atoms with Crippen LogP contribution in [0.15, 0.2) is 29.8 Å². The minimum atomic E-state index is -1.93. The first kappa shape index (κ1) is 22.2. The first-order valence-corrected chi connectivity index (χ1v) is 10.4. The van der Waals surface area contributed by atoms with Crippen molar-refractivity contribution in [3.63, 3.8) is 0 Å². The average Bonchev–Trinajstić information content (AvgIpc) is 3.03. The third kappa shape index (κ3) is 4.65. The van der Waals surface area contributed by atoms with Crippen LogP contribution < -0.4 is 14.2 Å². The molecule has 160 valence electrons. The molecule has 1 aliphatic carbocycles. The molecule has 1 atom stereocenters. The number of rotatable bonds is 8. The highest BCUT2D eigenvalue weighted by Crippen LogP contribution is 2.37. The summed E-state index contributed by atoms with van der Waals surface area (Å²) < 4.78 is 26.0. The van der Waals surface area contributed by atoms with Gasteiger partial charge in [0.15, 0.2) is 24.1 Å². The van der Waals surface area contributed by atoms with Gasteiger partial charge in [-0.15, -0.1) is 0 Å². The monoisotopic (exact) mass is 432 g/mol. The Morgan fingerprint density at radius 2 is 1.67 bits per heavy atom. The lowest BCUT2D eigenvalue weighted by atomic mass is 10.0. The first-order valence-electron chi connectivity index (χ1n) is 9.28. The lowest BCUT2D eigenvalue weighted by molar-refractivity contribution is 0.0972. The Balaban J connectivity index is 1.82. The van der Waals surface area contributed by atoms with Crippen LogP contribution in [0.3, 0.4) is 0 Å². The second-order valence-corrected chi connectivity index (χ2v) is 7.93. The molecule has 2 aromatic rings. The Bertz CT molecular complexity index is 961. The number of benzene rings is 2. The van der Waals surface area contributed by atoms with Crippen LogP contribution in [0.5, 0.6) is 17.2 Å². The summed E-state index contributed by atoms with van der Waals surface area (Å²) >= 11 is 0. The number of allylic oxidation sites excluding steroid dienone is 1. The van der Waals surface area contributed by atoms with Gasteiger partial charge in [-0.25, -0.2) is 0 Å². The van der Waals surface area contributed by atoms with Crippen LogP contribution in [0, 0.1) is 13.8 Å². The number of fused-ring (bicyclic) bond motifs is 1. The lowest BCUT2D eigenvalue weighted by Gasteiger charge is -2.14. The molecule has 1 aliphatic rings. The number of hydrogen-bond acceptors (Lipinski definition) is 7. The van der Waals surface area contributed by atoms with Crippen molar-refractivity contribution in [2.24, 2.45) is 0 Å². The third-order valence-corrected chi connectivity index (χ3v) is 5.51. The molecular formula is C22H25O7P. The molecule has 3 rings (SSSR count). The summed E-state index contributed by atoms with van der Waals surface area (Å²) in [6.45, 7) is 3.72. The third-order valence-electron chi connectivity index (χ3n) is 4.87. The summed E-state index contributed by atoms with van der Waals surface area (Å²) in [5.74, 6) is 1.82. The Morgan fingerprint density at radius 3 is 2.27 bits per heavy atom. The quantitative estimate of drug-likeness (QED) is 0.377. The summed E-state index contributed by atoms with van der Waals surface area (Å²) in [6.07, 6.45) is 2.44. The van der Waals surface area contributed by atoms with E-state index in [1.54, 1.807) is 20.3 Å². The van der Waals surface area contributed by atoms with E-state index in [4.69, 9.17) is 18.7 Å². The molecule has 7 nitrogen and oxygen atoms in total. The molecule has 0 amide bonds. The van der Waals surface area contributed by atoms with E-state index in [0.717, 1.165) is 22.3 Å². The van der Waals surface area contributed by atoms with Gasteiger partial charge >= 0.3 is 8.60 Å². The molecule has 30 heavy (non-hydrogen) atoms. The van der Waals surface area contributed by atoms with Crippen molar-refractivity contribution in [2.75, 3.05) is 28.1 Å². The van der Waals surface area contributed by atoms with E-state index < -0.39 is 8.60 Å². The van der Waals surface area contributed by atoms with Crippen LogP contribution in [-0.2, 0) is 15.5 Å². The molecule has 1 unspecified atom stereocenters. The number of ether oxygens (including phenoxy) is 3. The molecule has 0 bridgehead atoms. The molecule has 2 aromatic carbocycles. The number of Topliss-reactive ketones (excluding diaryl/α,β-unsaturated/α-hetero) is 1. The molecule has 0 saturated heterocycles. The van der Waals surface area contributed by atoms with Crippen LogP contribution in [-0.4, -0.2) is 38.8 Å². The zero-order valence-corrected chi connectivity index (χ0v) is 18.5. The molecule has 0 aliphatic heterocycles. The zero-order chi connectivity index (χ0) is 21.8. The molecule has 0 spiro atoms. The summed E-state index contributed by atoms with van der Waals surface area (Å²) in [5, 5.41) is 0. The minimum Gasteiger partial charge on any atom is -0.493 e. The molecule has 0 radical (unpaired) electrons. The molecule has 0 fully saturated rings. The Morgan fingerprint density at radius 1 is 1.03 bits per heavy atom. The van der Waals surface area contributed by atoms with Gasteiger partial charge in [0.05, 0.1) is 14.2 Å². The van der Waals surface area contributed by atoms with Crippen molar-refractivity contribution < 1.29 is 32.9 Å². The number of hydrogen-bond donors (Lipinski definition) is 1.